The zero-order valence-electron chi connectivity index (χ0n) is 10.2. The smallest absolute Gasteiger partial charge is 0.410 e. The largest absolute Gasteiger partial charge is 0.444 e. The molecule has 94 valence electrons. The number of nitrogens with zero attached hydrogens (tertiary/aromatic N) is 1. The van der Waals surface area contributed by atoms with E-state index in [-0.39, 0.29) is 18.8 Å². The first-order chi connectivity index (χ1) is 7.42. The molecule has 5 nitrogen and oxygen atoms in total. The summed E-state index contributed by atoms with van der Waals surface area (Å²) < 4.78 is 10.6. The minimum absolute atomic E-state index is 0.0701. The number of carbonyl (C=O) groups is 1. The first-order valence-corrected chi connectivity index (χ1v) is 5.63. The van der Waals surface area contributed by atoms with Gasteiger partial charge in [-0.25, -0.2) is 4.79 Å². The van der Waals surface area contributed by atoms with Gasteiger partial charge in [-0.1, -0.05) is 0 Å². The summed E-state index contributed by atoms with van der Waals surface area (Å²) in [6.45, 7) is 7.02. The van der Waals surface area contributed by atoms with Crippen LogP contribution in [0.1, 0.15) is 27.2 Å². The van der Waals surface area contributed by atoms with Crippen LogP contribution in [0.25, 0.3) is 0 Å². The lowest BCUT2D eigenvalue weighted by Gasteiger charge is -2.27. The lowest BCUT2D eigenvalue weighted by Crippen LogP contribution is -2.41. The summed E-state index contributed by atoms with van der Waals surface area (Å²) in [7, 11) is 0. The number of hydrogen-bond donors (Lipinski definition) is 1. The highest BCUT2D eigenvalue weighted by atomic mass is 16.6. The maximum Gasteiger partial charge on any atom is 0.410 e. The molecule has 0 bridgehead atoms. The molecule has 1 atom stereocenters. The van der Waals surface area contributed by atoms with Crippen molar-refractivity contribution in [2.75, 3.05) is 26.3 Å². The molecule has 1 heterocycles. The number of rotatable bonds is 1. The molecule has 0 spiro atoms. The Morgan fingerprint density at radius 3 is 2.81 bits per heavy atom. The van der Waals surface area contributed by atoms with Crippen LogP contribution in [0.2, 0.25) is 0 Å². The van der Waals surface area contributed by atoms with E-state index in [1.807, 2.05) is 20.8 Å². The molecule has 16 heavy (non-hydrogen) atoms. The standard InChI is InChI=1S/C11H21NO4/c1-11(2,3)16-10(14)12-5-4-6-15-9(7-12)8-13/h9,13H,4-8H2,1-3H3/t9-/m1/s1. The number of amides is 1. The molecule has 0 aromatic carbocycles. The van der Waals surface area contributed by atoms with Crippen molar-refractivity contribution in [3.8, 4) is 0 Å². The molecule has 1 aliphatic heterocycles. The van der Waals surface area contributed by atoms with Gasteiger partial charge in [0.1, 0.15) is 5.60 Å². The summed E-state index contributed by atoms with van der Waals surface area (Å²) in [5.41, 5.74) is -0.487. The zero-order valence-corrected chi connectivity index (χ0v) is 10.2. The third-order valence-electron chi connectivity index (χ3n) is 2.21. The van der Waals surface area contributed by atoms with Crippen LogP contribution in [0, 0.1) is 0 Å². The lowest BCUT2D eigenvalue weighted by molar-refractivity contribution is -0.000995. The first kappa shape index (κ1) is 13.3. The fraction of sp³-hybridized carbons (Fsp3) is 0.909. The minimum atomic E-state index is -0.487. The van der Waals surface area contributed by atoms with Crippen molar-refractivity contribution < 1.29 is 19.4 Å². The Hall–Kier alpha value is -0.810. The first-order valence-electron chi connectivity index (χ1n) is 5.63. The van der Waals surface area contributed by atoms with Crippen LogP contribution in [0.4, 0.5) is 4.79 Å². The molecule has 1 N–H and O–H groups in total. The summed E-state index contributed by atoms with van der Waals surface area (Å²) in [4.78, 5) is 13.4. The number of hydrogen-bond acceptors (Lipinski definition) is 4. The Kier molecular flexibility index (Phi) is 4.56. The number of aliphatic hydroxyl groups is 1. The van der Waals surface area contributed by atoms with Crippen LogP contribution < -0.4 is 0 Å². The third kappa shape index (κ3) is 4.37. The van der Waals surface area contributed by atoms with E-state index in [2.05, 4.69) is 0 Å². The Morgan fingerprint density at radius 2 is 2.25 bits per heavy atom. The second-order valence-electron chi connectivity index (χ2n) is 4.96. The van der Waals surface area contributed by atoms with Crippen molar-refractivity contribution in [2.24, 2.45) is 0 Å². The fourth-order valence-electron chi connectivity index (χ4n) is 1.50. The molecule has 1 rings (SSSR count). The Bertz CT molecular complexity index is 237. The van der Waals surface area contributed by atoms with Gasteiger partial charge in [0, 0.05) is 13.2 Å². The van der Waals surface area contributed by atoms with E-state index in [9.17, 15) is 4.79 Å². The third-order valence-corrected chi connectivity index (χ3v) is 2.21. The molecule has 0 aliphatic carbocycles. The summed E-state index contributed by atoms with van der Waals surface area (Å²) in [5, 5.41) is 9.04. The van der Waals surface area contributed by atoms with Gasteiger partial charge in [-0.3, -0.25) is 0 Å². The van der Waals surface area contributed by atoms with Crippen molar-refractivity contribution in [3.63, 3.8) is 0 Å². The van der Waals surface area contributed by atoms with Crippen molar-refractivity contribution in [2.45, 2.75) is 38.9 Å². The highest BCUT2D eigenvalue weighted by molar-refractivity contribution is 5.68. The van der Waals surface area contributed by atoms with Crippen LogP contribution in [0.3, 0.4) is 0 Å². The summed E-state index contributed by atoms with van der Waals surface area (Å²) >= 11 is 0. The van der Waals surface area contributed by atoms with Gasteiger partial charge in [-0.05, 0) is 27.2 Å². The van der Waals surface area contributed by atoms with E-state index in [0.717, 1.165) is 6.42 Å². The lowest BCUT2D eigenvalue weighted by atomic mass is 10.2. The van der Waals surface area contributed by atoms with Gasteiger partial charge in [-0.2, -0.15) is 0 Å². The SMILES string of the molecule is CC(C)(C)OC(=O)N1CCCO[C@@H](CO)C1. The molecular weight excluding hydrogens is 210 g/mol. The quantitative estimate of drug-likeness (QED) is 0.731. The van der Waals surface area contributed by atoms with E-state index in [1.54, 1.807) is 4.90 Å². The second-order valence-corrected chi connectivity index (χ2v) is 4.96. The summed E-state index contributed by atoms with van der Waals surface area (Å²) in [6, 6.07) is 0. The average Bonchev–Trinajstić information content (AvgIpc) is 2.39. The molecule has 0 unspecified atom stereocenters. The van der Waals surface area contributed by atoms with Gasteiger partial charge >= 0.3 is 6.09 Å². The van der Waals surface area contributed by atoms with E-state index >= 15 is 0 Å². The molecular formula is C11H21NO4. The highest BCUT2D eigenvalue weighted by Gasteiger charge is 2.26. The van der Waals surface area contributed by atoms with Gasteiger partial charge in [0.05, 0.1) is 19.3 Å². The summed E-state index contributed by atoms with van der Waals surface area (Å²) in [5.74, 6) is 0. The maximum atomic E-state index is 11.8. The monoisotopic (exact) mass is 231 g/mol. The second kappa shape index (κ2) is 5.50. The minimum Gasteiger partial charge on any atom is -0.444 e. The van der Waals surface area contributed by atoms with E-state index in [0.29, 0.717) is 19.7 Å². The van der Waals surface area contributed by atoms with Gasteiger partial charge in [-0.15, -0.1) is 0 Å². The van der Waals surface area contributed by atoms with Gasteiger partial charge < -0.3 is 19.5 Å². The van der Waals surface area contributed by atoms with Gasteiger partial charge in [0.2, 0.25) is 0 Å². The van der Waals surface area contributed by atoms with E-state index < -0.39 is 5.60 Å². The fourth-order valence-corrected chi connectivity index (χ4v) is 1.50. The molecule has 0 aromatic heterocycles. The molecule has 5 heteroatoms. The Balaban J connectivity index is 2.53. The summed E-state index contributed by atoms with van der Waals surface area (Å²) in [6.07, 6.45) is 0.141. The number of aliphatic hydroxyl groups excluding tert-OH is 1. The Morgan fingerprint density at radius 1 is 1.56 bits per heavy atom. The molecule has 1 saturated heterocycles. The van der Waals surface area contributed by atoms with Crippen LogP contribution in [-0.4, -0.2) is 54.1 Å². The maximum absolute atomic E-state index is 11.8. The van der Waals surface area contributed by atoms with Crippen molar-refractivity contribution in [1.82, 2.24) is 4.90 Å². The number of ether oxygens (including phenoxy) is 2. The molecule has 0 saturated carbocycles. The molecule has 1 amide bonds. The highest BCUT2D eigenvalue weighted by Crippen LogP contribution is 2.13. The van der Waals surface area contributed by atoms with Crippen LogP contribution >= 0.6 is 0 Å². The predicted molar refractivity (Wildman–Crippen MR) is 59.2 cm³/mol. The number of carbonyl (C=O) groups excluding carboxylic acids is 1. The molecule has 1 fully saturated rings. The van der Waals surface area contributed by atoms with Crippen molar-refractivity contribution in [3.05, 3.63) is 0 Å². The normalized spacial score (nSPS) is 22.8. The molecule has 0 aromatic rings. The van der Waals surface area contributed by atoms with Gasteiger partial charge in [0.15, 0.2) is 0 Å². The van der Waals surface area contributed by atoms with E-state index in [4.69, 9.17) is 14.6 Å². The topological polar surface area (TPSA) is 59.0 Å². The van der Waals surface area contributed by atoms with Gasteiger partial charge in [0.25, 0.3) is 0 Å². The predicted octanol–water partition coefficient (Wildman–Crippen LogP) is 1.00. The van der Waals surface area contributed by atoms with Crippen LogP contribution in [0.5, 0.6) is 0 Å². The van der Waals surface area contributed by atoms with Crippen LogP contribution in [-0.2, 0) is 9.47 Å². The van der Waals surface area contributed by atoms with Crippen molar-refractivity contribution in [1.29, 1.82) is 0 Å². The zero-order chi connectivity index (χ0) is 12.2. The molecule has 0 radical (unpaired) electrons. The van der Waals surface area contributed by atoms with Crippen LogP contribution in [0.15, 0.2) is 0 Å². The Labute approximate surface area is 96.3 Å². The van der Waals surface area contributed by atoms with E-state index in [1.165, 1.54) is 0 Å². The molecule has 1 aliphatic rings. The van der Waals surface area contributed by atoms with Crippen molar-refractivity contribution >= 4 is 6.09 Å². The average molecular weight is 231 g/mol.